The predicted molar refractivity (Wildman–Crippen MR) is 135 cm³/mol. The summed E-state index contributed by atoms with van der Waals surface area (Å²) in [6, 6.07) is 17.3. The molecule has 2 amide bonds. The number of carbonyl (C=O) groups is 2. The molecule has 1 saturated heterocycles. The van der Waals surface area contributed by atoms with Crippen molar-refractivity contribution >= 4 is 34.4 Å². The van der Waals surface area contributed by atoms with Gasteiger partial charge in [0.15, 0.2) is 5.82 Å². The second-order valence-electron chi connectivity index (χ2n) is 8.73. The summed E-state index contributed by atoms with van der Waals surface area (Å²) in [6.45, 7) is 4.19. The fourth-order valence-corrected chi connectivity index (χ4v) is 4.65. The van der Waals surface area contributed by atoms with Gasteiger partial charge in [0, 0.05) is 38.4 Å². The number of urea groups is 1. The molecule has 0 spiro atoms. The number of ether oxygens (including phenoxy) is 1. The number of fused-ring (bicyclic) bond motifs is 3. The number of hydrogen-bond donors (Lipinski definition) is 1. The molecule has 0 radical (unpaired) electrons. The van der Waals surface area contributed by atoms with E-state index >= 15 is 0 Å². The third-order valence-electron chi connectivity index (χ3n) is 6.44. The number of rotatable bonds is 6. The standard InChI is InChI=1S/C27H28FN5O3/c1-2-36-25(34)18-21(19-7-4-3-5-8-19)30-27(35)32-15-13-31(14-16-32)26-24-9-6-12-33(24)23-11-10-20(28)17-22(23)29-26/h3-12,17,21H,2,13-16,18H2,1H3,(H,30,35)/t21-/m1/s1. The normalized spacial score (nSPS) is 14.7. The minimum atomic E-state index is -0.479. The van der Waals surface area contributed by atoms with Crippen molar-refractivity contribution in [2.24, 2.45) is 0 Å². The monoisotopic (exact) mass is 489 g/mol. The molecular formula is C27H28FN5O3. The van der Waals surface area contributed by atoms with Gasteiger partial charge in [0.25, 0.3) is 0 Å². The number of benzene rings is 2. The summed E-state index contributed by atoms with van der Waals surface area (Å²) in [5, 5.41) is 3.01. The van der Waals surface area contributed by atoms with E-state index in [1.807, 2.05) is 53.1 Å². The lowest BCUT2D eigenvalue weighted by molar-refractivity contribution is -0.143. The number of halogens is 1. The Kier molecular flexibility index (Phi) is 6.71. The van der Waals surface area contributed by atoms with Crippen LogP contribution in [0.3, 0.4) is 0 Å². The maximum Gasteiger partial charge on any atom is 0.318 e. The van der Waals surface area contributed by atoms with Gasteiger partial charge in [-0.15, -0.1) is 0 Å². The van der Waals surface area contributed by atoms with Crippen molar-refractivity contribution in [1.82, 2.24) is 19.6 Å². The first-order chi connectivity index (χ1) is 17.5. The molecule has 36 heavy (non-hydrogen) atoms. The number of nitrogens with zero attached hydrogens (tertiary/aromatic N) is 4. The zero-order valence-corrected chi connectivity index (χ0v) is 20.1. The fourth-order valence-electron chi connectivity index (χ4n) is 4.65. The van der Waals surface area contributed by atoms with Gasteiger partial charge >= 0.3 is 12.0 Å². The van der Waals surface area contributed by atoms with Crippen molar-refractivity contribution < 1.29 is 18.7 Å². The lowest BCUT2D eigenvalue weighted by Crippen LogP contribution is -2.52. The highest BCUT2D eigenvalue weighted by atomic mass is 19.1. The van der Waals surface area contributed by atoms with Crippen LogP contribution in [-0.2, 0) is 9.53 Å². The molecule has 5 rings (SSSR count). The minimum absolute atomic E-state index is 0.0628. The molecule has 1 aliphatic rings. The lowest BCUT2D eigenvalue weighted by atomic mass is 10.0. The molecule has 0 bridgehead atoms. The van der Waals surface area contributed by atoms with E-state index in [1.165, 1.54) is 12.1 Å². The Morgan fingerprint density at radius 2 is 1.81 bits per heavy atom. The van der Waals surface area contributed by atoms with Crippen LogP contribution in [-0.4, -0.2) is 59.1 Å². The van der Waals surface area contributed by atoms with Crippen LogP contribution in [0.1, 0.15) is 24.9 Å². The van der Waals surface area contributed by atoms with Gasteiger partial charge in [0.05, 0.1) is 35.6 Å². The van der Waals surface area contributed by atoms with Gasteiger partial charge in [-0.2, -0.15) is 0 Å². The summed E-state index contributed by atoms with van der Waals surface area (Å²) in [7, 11) is 0. The molecule has 9 heteroatoms. The summed E-state index contributed by atoms with van der Waals surface area (Å²) < 4.78 is 21.0. The van der Waals surface area contributed by atoms with Gasteiger partial charge in [0.2, 0.25) is 0 Å². The Morgan fingerprint density at radius 3 is 2.56 bits per heavy atom. The molecule has 1 atom stereocenters. The summed E-state index contributed by atoms with van der Waals surface area (Å²) in [6.07, 6.45) is 2.00. The van der Waals surface area contributed by atoms with E-state index in [0.717, 1.165) is 22.4 Å². The number of hydrogen-bond acceptors (Lipinski definition) is 5. The van der Waals surface area contributed by atoms with Crippen LogP contribution in [0.25, 0.3) is 16.6 Å². The molecule has 2 aromatic carbocycles. The van der Waals surface area contributed by atoms with Crippen LogP contribution >= 0.6 is 0 Å². The van der Waals surface area contributed by atoms with Crippen LogP contribution < -0.4 is 10.2 Å². The molecule has 0 unspecified atom stereocenters. The highest BCUT2D eigenvalue weighted by molar-refractivity contribution is 5.85. The molecule has 1 fully saturated rings. The number of amides is 2. The Hall–Kier alpha value is -4.14. The van der Waals surface area contributed by atoms with Crippen LogP contribution in [0.15, 0.2) is 66.9 Å². The number of esters is 1. The molecular weight excluding hydrogens is 461 g/mol. The average molecular weight is 490 g/mol. The first-order valence-electron chi connectivity index (χ1n) is 12.1. The first-order valence-corrected chi connectivity index (χ1v) is 12.1. The van der Waals surface area contributed by atoms with E-state index in [4.69, 9.17) is 9.72 Å². The maximum atomic E-state index is 13.9. The minimum Gasteiger partial charge on any atom is -0.466 e. The Morgan fingerprint density at radius 1 is 1.03 bits per heavy atom. The zero-order valence-electron chi connectivity index (χ0n) is 20.1. The van der Waals surface area contributed by atoms with E-state index in [9.17, 15) is 14.0 Å². The van der Waals surface area contributed by atoms with Gasteiger partial charge in [-0.3, -0.25) is 4.79 Å². The second-order valence-corrected chi connectivity index (χ2v) is 8.73. The number of piperazine rings is 1. The Bertz CT molecular complexity index is 1380. The van der Waals surface area contributed by atoms with E-state index < -0.39 is 6.04 Å². The largest absolute Gasteiger partial charge is 0.466 e. The third-order valence-corrected chi connectivity index (χ3v) is 6.44. The van der Waals surface area contributed by atoms with Gasteiger partial charge in [0.1, 0.15) is 5.82 Å². The maximum absolute atomic E-state index is 13.9. The van der Waals surface area contributed by atoms with Gasteiger partial charge < -0.3 is 24.3 Å². The number of aromatic nitrogens is 2. The molecule has 2 aromatic heterocycles. The van der Waals surface area contributed by atoms with Crippen LogP contribution in [0.4, 0.5) is 15.0 Å². The second kappa shape index (κ2) is 10.2. The topological polar surface area (TPSA) is 79.2 Å². The number of nitrogens with one attached hydrogen (secondary N) is 1. The van der Waals surface area contributed by atoms with Crippen LogP contribution in [0.5, 0.6) is 0 Å². The van der Waals surface area contributed by atoms with Crippen LogP contribution in [0.2, 0.25) is 0 Å². The highest BCUT2D eigenvalue weighted by Crippen LogP contribution is 2.27. The van der Waals surface area contributed by atoms with E-state index in [2.05, 4.69) is 10.2 Å². The van der Waals surface area contributed by atoms with Crippen molar-refractivity contribution in [1.29, 1.82) is 0 Å². The van der Waals surface area contributed by atoms with Crippen molar-refractivity contribution in [3.63, 3.8) is 0 Å². The zero-order chi connectivity index (χ0) is 25.1. The van der Waals surface area contributed by atoms with Crippen molar-refractivity contribution in [2.75, 3.05) is 37.7 Å². The number of carbonyl (C=O) groups excluding carboxylic acids is 2. The summed E-state index contributed by atoms with van der Waals surface area (Å²) in [5.74, 6) is 0.0823. The summed E-state index contributed by atoms with van der Waals surface area (Å²) in [5.41, 5.74) is 3.21. The summed E-state index contributed by atoms with van der Waals surface area (Å²) >= 11 is 0. The molecule has 0 aliphatic carbocycles. The lowest BCUT2D eigenvalue weighted by Gasteiger charge is -2.36. The third kappa shape index (κ3) is 4.82. The van der Waals surface area contributed by atoms with Crippen molar-refractivity contribution in [3.05, 3.63) is 78.2 Å². The van der Waals surface area contributed by atoms with Gasteiger partial charge in [-0.05, 0) is 36.8 Å². The smallest absolute Gasteiger partial charge is 0.318 e. The molecule has 1 N–H and O–H groups in total. The molecule has 8 nitrogen and oxygen atoms in total. The SMILES string of the molecule is CCOC(=O)C[C@@H](NC(=O)N1CCN(c2nc3cc(F)ccc3n3cccc23)CC1)c1ccccc1. The molecule has 186 valence electrons. The highest BCUT2D eigenvalue weighted by Gasteiger charge is 2.27. The molecule has 4 aromatic rings. The van der Waals surface area contributed by atoms with Gasteiger partial charge in [-0.1, -0.05) is 30.3 Å². The Labute approximate surface area is 208 Å². The van der Waals surface area contributed by atoms with Crippen molar-refractivity contribution in [2.45, 2.75) is 19.4 Å². The molecule has 1 aliphatic heterocycles. The first kappa shape index (κ1) is 23.6. The van der Waals surface area contributed by atoms with Crippen molar-refractivity contribution in [3.8, 4) is 0 Å². The van der Waals surface area contributed by atoms with E-state index in [-0.39, 0.29) is 24.2 Å². The molecule has 3 heterocycles. The quantitative estimate of drug-likeness (QED) is 0.412. The van der Waals surface area contributed by atoms with E-state index in [0.29, 0.717) is 38.3 Å². The molecule has 0 saturated carbocycles. The van der Waals surface area contributed by atoms with Crippen LogP contribution in [0, 0.1) is 5.82 Å². The Balaban J connectivity index is 1.30. The van der Waals surface area contributed by atoms with E-state index in [1.54, 1.807) is 17.9 Å². The van der Waals surface area contributed by atoms with Gasteiger partial charge in [-0.25, -0.2) is 14.2 Å². The summed E-state index contributed by atoms with van der Waals surface area (Å²) in [4.78, 5) is 33.9. The predicted octanol–water partition coefficient (Wildman–Crippen LogP) is 4.15. The number of anilines is 1. The fraction of sp³-hybridized carbons (Fsp3) is 0.296. The average Bonchev–Trinajstić information content (AvgIpc) is 3.38.